The molecule has 1 atom stereocenters. The first-order valence-electron chi connectivity index (χ1n) is 9.97. The molecule has 1 unspecified atom stereocenters. The second kappa shape index (κ2) is 8.98. The highest BCUT2D eigenvalue weighted by Crippen LogP contribution is 2.32. The third kappa shape index (κ3) is 5.06. The zero-order chi connectivity index (χ0) is 18.5. The number of hydrogen-bond acceptors (Lipinski definition) is 4. The summed E-state index contributed by atoms with van der Waals surface area (Å²) in [6.45, 7) is 7.16. The van der Waals surface area contributed by atoms with Crippen molar-refractivity contribution < 1.29 is 4.79 Å². The lowest BCUT2D eigenvalue weighted by molar-refractivity contribution is -0.132. The zero-order valence-electron chi connectivity index (χ0n) is 16.7. The standard InChI is InChI=1S/C21H34N4O/c1-22(2)17-18-6-8-19(9-7-18)20-5-4-11-25(20)21(26)10-12-24-15-13-23(3)14-16-24/h6-9,20H,4-5,10-17H2,1-3H3. The molecule has 0 aromatic heterocycles. The van der Waals surface area contributed by atoms with Crippen molar-refractivity contribution in [1.29, 1.82) is 0 Å². The quantitative estimate of drug-likeness (QED) is 0.779. The molecule has 1 amide bonds. The molecule has 2 heterocycles. The third-order valence-corrected chi connectivity index (χ3v) is 5.67. The summed E-state index contributed by atoms with van der Waals surface area (Å²) in [6, 6.07) is 9.12. The maximum atomic E-state index is 12.8. The molecule has 144 valence electrons. The highest BCUT2D eigenvalue weighted by Gasteiger charge is 2.30. The number of benzene rings is 1. The molecule has 0 radical (unpaired) electrons. The Balaban J connectivity index is 1.54. The Morgan fingerprint density at radius 3 is 2.42 bits per heavy atom. The summed E-state index contributed by atoms with van der Waals surface area (Å²) in [5.74, 6) is 0.323. The number of carbonyl (C=O) groups excluding carboxylic acids is 1. The lowest BCUT2D eigenvalue weighted by Crippen LogP contribution is -2.45. The molecule has 5 nitrogen and oxygen atoms in total. The largest absolute Gasteiger partial charge is 0.336 e. The van der Waals surface area contributed by atoms with E-state index in [1.54, 1.807) is 0 Å². The summed E-state index contributed by atoms with van der Waals surface area (Å²) < 4.78 is 0. The summed E-state index contributed by atoms with van der Waals surface area (Å²) >= 11 is 0. The van der Waals surface area contributed by atoms with Gasteiger partial charge in [0.15, 0.2) is 0 Å². The normalized spacial score (nSPS) is 22.3. The Hall–Kier alpha value is -1.43. The summed E-state index contributed by atoms with van der Waals surface area (Å²) in [4.78, 5) is 21.9. The average Bonchev–Trinajstić information content (AvgIpc) is 3.11. The molecule has 0 spiro atoms. The van der Waals surface area contributed by atoms with Gasteiger partial charge in [0.2, 0.25) is 5.91 Å². The van der Waals surface area contributed by atoms with E-state index in [2.05, 4.69) is 65.0 Å². The molecule has 0 bridgehead atoms. The number of rotatable bonds is 6. The van der Waals surface area contributed by atoms with Gasteiger partial charge in [0.1, 0.15) is 0 Å². The van der Waals surface area contributed by atoms with Gasteiger partial charge in [-0.25, -0.2) is 0 Å². The van der Waals surface area contributed by atoms with E-state index in [4.69, 9.17) is 0 Å². The lowest BCUT2D eigenvalue weighted by Gasteiger charge is -2.33. The molecule has 1 aromatic carbocycles. The maximum absolute atomic E-state index is 12.8. The van der Waals surface area contributed by atoms with Crippen molar-refractivity contribution in [2.75, 3.05) is 60.4 Å². The number of likely N-dealkylation sites (tertiary alicyclic amines) is 1. The Morgan fingerprint density at radius 2 is 1.77 bits per heavy atom. The van der Waals surface area contributed by atoms with Crippen LogP contribution in [0.3, 0.4) is 0 Å². The van der Waals surface area contributed by atoms with Crippen molar-refractivity contribution in [2.45, 2.75) is 31.8 Å². The van der Waals surface area contributed by atoms with E-state index in [1.165, 1.54) is 11.1 Å². The van der Waals surface area contributed by atoms with Crippen LogP contribution in [0.4, 0.5) is 0 Å². The highest BCUT2D eigenvalue weighted by atomic mass is 16.2. The van der Waals surface area contributed by atoms with E-state index >= 15 is 0 Å². The van der Waals surface area contributed by atoms with E-state index in [0.717, 1.165) is 58.7 Å². The van der Waals surface area contributed by atoms with Gasteiger partial charge >= 0.3 is 0 Å². The number of likely N-dealkylation sites (N-methyl/N-ethyl adjacent to an activating group) is 1. The second-order valence-corrected chi connectivity index (χ2v) is 8.12. The van der Waals surface area contributed by atoms with Gasteiger partial charge in [0, 0.05) is 52.2 Å². The van der Waals surface area contributed by atoms with Gasteiger partial charge in [-0.05, 0) is 45.1 Å². The Labute approximate surface area is 158 Å². The van der Waals surface area contributed by atoms with Gasteiger partial charge in [-0.3, -0.25) is 4.79 Å². The molecule has 1 aromatic rings. The minimum Gasteiger partial charge on any atom is -0.336 e. The molecule has 5 heteroatoms. The third-order valence-electron chi connectivity index (χ3n) is 5.67. The van der Waals surface area contributed by atoms with Crippen LogP contribution in [0.1, 0.15) is 36.4 Å². The Kier molecular flexibility index (Phi) is 6.68. The molecular formula is C21H34N4O. The topological polar surface area (TPSA) is 30.0 Å². The Morgan fingerprint density at radius 1 is 1.08 bits per heavy atom. The van der Waals surface area contributed by atoms with Crippen LogP contribution in [0.25, 0.3) is 0 Å². The number of piperazine rings is 1. The van der Waals surface area contributed by atoms with Crippen LogP contribution < -0.4 is 0 Å². The van der Waals surface area contributed by atoms with Crippen molar-refractivity contribution >= 4 is 5.91 Å². The predicted molar refractivity (Wildman–Crippen MR) is 106 cm³/mol. The van der Waals surface area contributed by atoms with Crippen molar-refractivity contribution in [2.24, 2.45) is 0 Å². The average molecular weight is 359 g/mol. The highest BCUT2D eigenvalue weighted by molar-refractivity contribution is 5.77. The van der Waals surface area contributed by atoms with Gasteiger partial charge < -0.3 is 19.6 Å². The molecule has 2 aliphatic rings. The molecule has 26 heavy (non-hydrogen) atoms. The van der Waals surface area contributed by atoms with E-state index in [9.17, 15) is 4.79 Å². The SMILES string of the molecule is CN(C)Cc1ccc(C2CCCN2C(=O)CCN2CCN(C)CC2)cc1. The molecule has 3 rings (SSSR count). The summed E-state index contributed by atoms with van der Waals surface area (Å²) in [7, 11) is 6.35. The van der Waals surface area contributed by atoms with Crippen molar-refractivity contribution in [1.82, 2.24) is 19.6 Å². The smallest absolute Gasteiger partial charge is 0.224 e. The van der Waals surface area contributed by atoms with Crippen LogP contribution >= 0.6 is 0 Å². The first-order valence-corrected chi connectivity index (χ1v) is 9.97. The fourth-order valence-corrected chi connectivity index (χ4v) is 4.09. The van der Waals surface area contributed by atoms with E-state index < -0.39 is 0 Å². The van der Waals surface area contributed by atoms with Crippen molar-refractivity contribution in [3.63, 3.8) is 0 Å². The van der Waals surface area contributed by atoms with Gasteiger partial charge in [-0.2, -0.15) is 0 Å². The molecule has 0 N–H and O–H groups in total. The number of amides is 1. The minimum atomic E-state index is 0.267. The fourth-order valence-electron chi connectivity index (χ4n) is 4.09. The minimum absolute atomic E-state index is 0.267. The molecule has 2 saturated heterocycles. The fraction of sp³-hybridized carbons (Fsp3) is 0.667. The van der Waals surface area contributed by atoms with Crippen LogP contribution in [0, 0.1) is 0 Å². The predicted octanol–water partition coefficient (Wildman–Crippen LogP) is 2.05. The second-order valence-electron chi connectivity index (χ2n) is 8.12. The molecule has 2 aliphatic heterocycles. The Bertz CT molecular complexity index is 578. The van der Waals surface area contributed by atoms with Crippen LogP contribution in [-0.2, 0) is 11.3 Å². The van der Waals surface area contributed by atoms with Gasteiger partial charge in [0.05, 0.1) is 6.04 Å². The van der Waals surface area contributed by atoms with Crippen molar-refractivity contribution in [3.05, 3.63) is 35.4 Å². The summed E-state index contributed by atoms with van der Waals surface area (Å²) in [5, 5.41) is 0. The molecule has 2 fully saturated rings. The lowest BCUT2D eigenvalue weighted by atomic mass is 10.0. The molecule has 0 aliphatic carbocycles. The molecular weight excluding hydrogens is 324 g/mol. The van der Waals surface area contributed by atoms with Crippen LogP contribution in [0.15, 0.2) is 24.3 Å². The van der Waals surface area contributed by atoms with Crippen LogP contribution in [-0.4, -0.2) is 85.9 Å². The van der Waals surface area contributed by atoms with Gasteiger partial charge in [-0.1, -0.05) is 24.3 Å². The monoisotopic (exact) mass is 358 g/mol. The zero-order valence-corrected chi connectivity index (χ0v) is 16.7. The van der Waals surface area contributed by atoms with Crippen LogP contribution in [0.5, 0.6) is 0 Å². The first-order chi connectivity index (χ1) is 12.5. The molecule has 0 saturated carbocycles. The summed E-state index contributed by atoms with van der Waals surface area (Å²) in [5.41, 5.74) is 2.61. The number of nitrogens with zero attached hydrogens (tertiary/aromatic N) is 4. The number of carbonyl (C=O) groups is 1. The summed E-state index contributed by atoms with van der Waals surface area (Å²) in [6.07, 6.45) is 2.86. The number of hydrogen-bond donors (Lipinski definition) is 0. The van der Waals surface area contributed by atoms with E-state index in [1.807, 2.05) is 0 Å². The first kappa shape index (κ1) is 19.3. The van der Waals surface area contributed by atoms with Gasteiger partial charge in [-0.15, -0.1) is 0 Å². The van der Waals surface area contributed by atoms with Crippen molar-refractivity contribution in [3.8, 4) is 0 Å². The van der Waals surface area contributed by atoms with Gasteiger partial charge in [0.25, 0.3) is 0 Å². The maximum Gasteiger partial charge on any atom is 0.224 e. The van der Waals surface area contributed by atoms with E-state index in [0.29, 0.717) is 12.3 Å². The van der Waals surface area contributed by atoms with E-state index in [-0.39, 0.29) is 6.04 Å². The van der Waals surface area contributed by atoms with Crippen LogP contribution in [0.2, 0.25) is 0 Å².